The summed E-state index contributed by atoms with van der Waals surface area (Å²) in [7, 11) is 3.21. The minimum Gasteiger partial charge on any atom is -0.493 e. The molecule has 0 atom stereocenters. The van der Waals surface area contributed by atoms with Crippen LogP contribution in [0.4, 0.5) is 11.4 Å². The molecule has 2 rings (SSSR count). The number of benzene rings is 2. The fourth-order valence-electron chi connectivity index (χ4n) is 2.51. The van der Waals surface area contributed by atoms with Gasteiger partial charge in [0, 0.05) is 37.0 Å². The molecule has 0 saturated carbocycles. The van der Waals surface area contributed by atoms with Gasteiger partial charge in [0.05, 0.1) is 14.2 Å². The van der Waals surface area contributed by atoms with Crippen molar-refractivity contribution in [3.8, 4) is 11.5 Å². The summed E-state index contributed by atoms with van der Waals surface area (Å²) in [4.78, 5) is 14.2. The van der Waals surface area contributed by atoms with E-state index in [4.69, 9.17) is 9.47 Å². The Kier molecular flexibility index (Phi) is 6.49. The number of rotatable bonds is 8. The Bertz CT molecular complexity index is 659. The van der Waals surface area contributed by atoms with Gasteiger partial charge in [-0.15, -0.1) is 0 Å². The van der Waals surface area contributed by atoms with Gasteiger partial charge in [-0.3, -0.25) is 4.79 Å². The van der Waals surface area contributed by atoms with E-state index in [1.807, 2.05) is 55.5 Å². The molecule has 5 heteroatoms. The van der Waals surface area contributed by atoms with Crippen LogP contribution in [-0.4, -0.2) is 33.2 Å². The minimum atomic E-state index is 0.0941. The zero-order valence-electron chi connectivity index (χ0n) is 14.4. The first kappa shape index (κ1) is 17.7. The SMILES string of the molecule is CCN(C(=O)CCNc1ccc(OC)c(OC)c1)c1ccccc1. The molecule has 1 N–H and O–H groups in total. The first-order valence-electron chi connectivity index (χ1n) is 8.01. The van der Waals surface area contributed by atoms with E-state index in [-0.39, 0.29) is 5.91 Å². The molecule has 0 unspecified atom stereocenters. The summed E-state index contributed by atoms with van der Waals surface area (Å²) in [5, 5.41) is 3.25. The first-order chi connectivity index (χ1) is 11.7. The second-order valence-electron chi connectivity index (χ2n) is 5.22. The summed E-state index contributed by atoms with van der Waals surface area (Å²) < 4.78 is 10.5. The van der Waals surface area contributed by atoms with E-state index in [1.54, 1.807) is 19.1 Å². The number of amides is 1. The highest BCUT2D eigenvalue weighted by molar-refractivity contribution is 5.93. The third kappa shape index (κ3) is 4.41. The molecule has 0 aliphatic carbocycles. The fourth-order valence-corrected chi connectivity index (χ4v) is 2.51. The molecule has 0 saturated heterocycles. The number of ether oxygens (including phenoxy) is 2. The molecule has 0 heterocycles. The van der Waals surface area contributed by atoms with Gasteiger partial charge < -0.3 is 19.7 Å². The van der Waals surface area contributed by atoms with Gasteiger partial charge in [0.15, 0.2) is 11.5 Å². The Morgan fingerprint density at radius 2 is 1.75 bits per heavy atom. The normalized spacial score (nSPS) is 10.1. The molecule has 1 amide bonds. The molecule has 5 nitrogen and oxygen atoms in total. The van der Waals surface area contributed by atoms with Crippen molar-refractivity contribution < 1.29 is 14.3 Å². The third-order valence-electron chi connectivity index (χ3n) is 3.74. The number of hydrogen-bond donors (Lipinski definition) is 1. The Morgan fingerprint density at radius 3 is 2.38 bits per heavy atom. The lowest BCUT2D eigenvalue weighted by Crippen LogP contribution is -2.31. The molecule has 128 valence electrons. The maximum atomic E-state index is 12.4. The van der Waals surface area contributed by atoms with Gasteiger partial charge >= 0.3 is 0 Å². The van der Waals surface area contributed by atoms with Crippen molar-refractivity contribution in [2.45, 2.75) is 13.3 Å². The van der Waals surface area contributed by atoms with Gasteiger partial charge in [-0.2, -0.15) is 0 Å². The van der Waals surface area contributed by atoms with Crippen molar-refractivity contribution in [2.75, 3.05) is 37.5 Å². The van der Waals surface area contributed by atoms with E-state index in [9.17, 15) is 4.79 Å². The number of carbonyl (C=O) groups is 1. The van der Waals surface area contributed by atoms with Crippen molar-refractivity contribution in [2.24, 2.45) is 0 Å². The van der Waals surface area contributed by atoms with Crippen molar-refractivity contribution in [3.63, 3.8) is 0 Å². The lowest BCUT2D eigenvalue weighted by Gasteiger charge is -2.21. The van der Waals surface area contributed by atoms with Crippen LogP contribution < -0.4 is 19.7 Å². The average molecular weight is 328 g/mol. The smallest absolute Gasteiger partial charge is 0.228 e. The summed E-state index contributed by atoms with van der Waals surface area (Å²) >= 11 is 0. The standard InChI is InChI=1S/C19H24N2O3/c1-4-21(16-8-6-5-7-9-16)19(22)12-13-20-15-10-11-17(23-2)18(14-15)24-3/h5-11,14,20H,4,12-13H2,1-3H3. The molecular formula is C19H24N2O3. The molecule has 0 fully saturated rings. The molecule has 2 aromatic rings. The predicted octanol–water partition coefficient (Wildman–Crippen LogP) is 3.56. The molecule has 0 spiro atoms. The number of hydrogen-bond acceptors (Lipinski definition) is 4. The van der Waals surface area contributed by atoms with Crippen LogP contribution in [0.1, 0.15) is 13.3 Å². The number of para-hydroxylation sites is 1. The van der Waals surface area contributed by atoms with E-state index < -0.39 is 0 Å². The van der Waals surface area contributed by atoms with Crippen LogP contribution >= 0.6 is 0 Å². The van der Waals surface area contributed by atoms with Crippen molar-refractivity contribution >= 4 is 17.3 Å². The van der Waals surface area contributed by atoms with Gasteiger partial charge in [-0.25, -0.2) is 0 Å². The van der Waals surface area contributed by atoms with Crippen molar-refractivity contribution in [1.29, 1.82) is 0 Å². The number of nitrogens with zero attached hydrogens (tertiary/aromatic N) is 1. The summed E-state index contributed by atoms with van der Waals surface area (Å²) in [6.07, 6.45) is 0.414. The summed E-state index contributed by atoms with van der Waals surface area (Å²) in [5.41, 5.74) is 1.82. The second kappa shape index (κ2) is 8.82. The number of nitrogens with one attached hydrogen (secondary N) is 1. The Labute approximate surface area is 143 Å². The quantitative estimate of drug-likeness (QED) is 0.805. The van der Waals surface area contributed by atoms with Gasteiger partial charge in [-0.05, 0) is 31.2 Å². The van der Waals surface area contributed by atoms with Gasteiger partial charge in [0.1, 0.15) is 0 Å². The lowest BCUT2D eigenvalue weighted by atomic mass is 10.2. The Morgan fingerprint density at radius 1 is 1.04 bits per heavy atom. The minimum absolute atomic E-state index is 0.0941. The maximum absolute atomic E-state index is 12.4. The van der Waals surface area contributed by atoms with Crippen LogP contribution in [0, 0.1) is 0 Å². The molecular weight excluding hydrogens is 304 g/mol. The lowest BCUT2D eigenvalue weighted by molar-refractivity contribution is -0.118. The van der Waals surface area contributed by atoms with Crippen LogP contribution in [0.2, 0.25) is 0 Å². The van der Waals surface area contributed by atoms with Crippen LogP contribution in [0.3, 0.4) is 0 Å². The van der Waals surface area contributed by atoms with Crippen molar-refractivity contribution in [3.05, 3.63) is 48.5 Å². The third-order valence-corrected chi connectivity index (χ3v) is 3.74. The van der Waals surface area contributed by atoms with E-state index in [2.05, 4.69) is 5.32 Å². The highest BCUT2D eigenvalue weighted by Crippen LogP contribution is 2.29. The van der Waals surface area contributed by atoms with Crippen LogP contribution in [0.25, 0.3) is 0 Å². The molecule has 24 heavy (non-hydrogen) atoms. The van der Waals surface area contributed by atoms with E-state index in [0.717, 1.165) is 11.4 Å². The monoisotopic (exact) mass is 328 g/mol. The first-order valence-corrected chi connectivity index (χ1v) is 8.01. The molecule has 0 aliphatic heterocycles. The molecule has 0 bridgehead atoms. The highest BCUT2D eigenvalue weighted by atomic mass is 16.5. The molecule has 0 radical (unpaired) electrons. The van der Waals surface area contributed by atoms with Crippen molar-refractivity contribution in [1.82, 2.24) is 0 Å². The van der Waals surface area contributed by atoms with Gasteiger partial charge in [-0.1, -0.05) is 18.2 Å². The summed E-state index contributed by atoms with van der Waals surface area (Å²) in [6, 6.07) is 15.3. The zero-order valence-corrected chi connectivity index (χ0v) is 14.4. The van der Waals surface area contributed by atoms with E-state index in [1.165, 1.54) is 0 Å². The van der Waals surface area contributed by atoms with E-state index in [0.29, 0.717) is 31.0 Å². The van der Waals surface area contributed by atoms with Crippen LogP contribution in [-0.2, 0) is 4.79 Å². The number of methoxy groups -OCH3 is 2. The molecule has 2 aromatic carbocycles. The van der Waals surface area contributed by atoms with E-state index >= 15 is 0 Å². The summed E-state index contributed by atoms with van der Waals surface area (Å²) in [5.74, 6) is 1.44. The summed E-state index contributed by atoms with van der Waals surface area (Å²) in [6.45, 7) is 3.18. The average Bonchev–Trinajstić information content (AvgIpc) is 2.63. The largest absolute Gasteiger partial charge is 0.493 e. The highest BCUT2D eigenvalue weighted by Gasteiger charge is 2.13. The van der Waals surface area contributed by atoms with Gasteiger partial charge in [0.25, 0.3) is 0 Å². The topological polar surface area (TPSA) is 50.8 Å². The van der Waals surface area contributed by atoms with Gasteiger partial charge in [0.2, 0.25) is 5.91 Å². The maximum Gasteiger partial charge on any atom is 0.228 e. The Hall–Kier alpha value is -2.69. The second-order valence-corrected chi connectivity index (χ2v) is 5.22. The molecule has 0 aromatic heterocycles. The molecule has 0 aliphatic rings. The Balaban J connectivity index is 1.92. The number of carbonyl (C=O) groups excluding carboxylic acids is 1. The van der Waals surface area contributed by atoms with Crippen LogP contribution in [0.5, 0.6) is 11.5 Å². The zero-order chi connectivity index (χ0) is 17.4. The predicted molar refractivity (Wildman–Crippen MR) is 97.1 cm³/mol. The van der Waals surface area contributed by atoms with Crippen LogP contribution in [0.15, 0.2) is 48.5 Å². The number of anilines is 2. The fraction of sp³-hybridized carbons (Fsp3) is 0.316.